The second kappa shape index (κ2) is 6.43. The second-order valence-corrected chi connectivity index (χ2v) is 5.61. The van der Waals surface area contributed by atoms with Crippen LogP contribution in [0.1, 0.15) is 33.6 Å². The van der Waals surface area contributed by atoms with Crippen LogP contribution >= 0.6 is 0 Å². The van der Waals surface area contributed by atoms with Gasteiger partial charge in [0.1, 0.15) is 11.6 Å². The number of hydrogen-bond donors (Lipinski definition) is 1. The maximum atomic E-state index is 4.63. The van der Waals surface area contributed by atoms with Gasteiger partial charge in [-0.25, -0.2) is 4.98 Å². The molecule has 0 radical (unpaired) electrons. The molecule has 3 heteroatoms. The molecule has 0 aliphatic carbocycles. The van der Waals surface area contributed by atoms with E-state index in [1.165, 1.54) is 0 Å². The molecule has 18 heavy (non-hydrogen) atoms. The first kappa shape index (κ1) is 14.6. The molecule has 0 fully saturated rings. The summed E-state index contributed by atoms with van der Waals surface area (Å²) in [7, 11) is 2.08. The van der Waals surface area contributed by atoms with Crippen molar-refractivity contribution in [1.82, 2.24) is 4.98 Å². The van der Waals surface area contributed by atoms with E-state index in [0.29, 0.717) is 0 Å². The van der Waals surface area contributed by atoms with Gasteiger partial charge in [0.2, 0.25) is 0 Å². The fourth-order valence-corrected chi connectivity index (χ4v) is 1.68. The van der Waals surface area contributed by atoms with Crippen LogP contribution in [0.25, 0.3) is 0 Å². The quantitative estimate of drug-likeness (QED) is 0.614. The summed E-state index contributed by atoms with van der Waals surface area (Å²) in [6.45, 7) is 11.1. The first-order chi connectivity index (χ1) is 8.42. The standard InChI is InChI=1S/C15H25N3/c1-6-7-8-12-18(5)14-11-9-10-13(16-14)17-15(2,3)4/h6,9-11H,1,7-8,12H2,2-5H3,(H,16,17). The van der Waals surface area contributed by atoms with Gasteiger partial charge < -0.3 is 10.2 Å². The van der Waals surface area contributed by atoms with E-state index < -0.39 is 0 Å². The lowest BCUT2D eigenvalue weighted by atomic mass is 10.1. The Morgan fingerprint density at radius 1 is 1.39 bits per heavy atom. The lowest BCUT2D eigenvalue weighted by Gasteiger charge is -2.23. The van der Waals surface area contributed by atoms with E-state index >= 15 is 0 Å². The number of unbranched alkanes of at least 4 members (excludes halogenated alkanes) is 1. The molecule has 0 aliphatic heterocycles. The van der Waals surface area contributed by atoms with Gasteiger partial charge in [0, 0.05) is 19.1 Å². The Bertz CT molecular complexity index is 380. The Kier molecular flexibility index (Phi) is 5.20. The summed E-state index contributed by atoms with van der Waals surface area (Å²) in [5, 5.41) is 3.39. The molecule has 0 saturated heterocycles. The highest BCUT2D eigenvalue weighted by Crippen LogP contribution is 2.16. The van der Waals surface area contributed by atoms with Gasteiger partial charge >= 0.3 is 0 Å². The molecular formula is C15H25N3. The predicted octanol–water partition coefficient (Wildman–Crippen LogP) is 3.69. The molecular weight excluding hydrogens is 222 g/mol. The van der Waals surface area contributed by atoms with E-state index in [0.717, 1.165) is 31.0 Å². The fourth-order valence-electron chi connectivity index (χ4n) is 1.68. The molecule has 0 spiro atoms. The van der Waals surface area contributed by atoms with E-state index in [1.54, 1.807) is 0 Å². The first-order valence-electron chi connectivity index (χ1n) is 6.49. The Morgan fingerprint density at radius 2 is 2.11 bits per heavy atom. The zero-order valence-corrected chi connectivity index (χ0v) is 12.0. The predicted molar refractivity (Wildman–Crippen MR) is 80.3 cm³/mol. The van der Waals surface area contributed by atoms with Gasteiger partial charge in [0.25, 0.3) is 0 Å². The smallest absolute Gasteiger partial charge is 0.130 e. The molecule has 1 heterocycles. The molecule has 1 aromatic rings. The number of aromatic nitrogens is 1. The van der Waals surface area contributed by atoms with E-state index in [4.69, 9.17) is 0 Å². The van der Waals surface area contributed by atoms with Gasteiger partial charge in [-0.3, -0.25) is 0 Å². The van der Waals surface area contributed by atoms with Crippen molar-refractivity contribution < 1.29 is 0 Å². The summed E-state index contributed by atoms with van der Waals surface area (Å²) in [5.74, 6) is 1.93. The van der Waals surface area contributed by atoms with Crippen LogP contribution in [0.15, 0.2) is 30.9 Å². The highest BCUT2D eigenvalue weighted by molar-refractivity contribution is 5.47. The lowest BCUT2D eigenvalue weighted by molar-refractivity contribution is 0.630. The van der Waals surface area contributed by atoms with Crippen molar-refractivity contribution in [2.75, 3.05) is 23.8 Å². The number of pyridine rings is 1. The van der Waals surface area contributed by atoms with Gasteiger partial charge in [-0.15, -0.1) is 6.58 Å². The summed E-state index contributed by atoms with van der Waals surface area (Å²) in [6.07, 6.45) is 4.11. The molecule has 3 nitrogen and oxygen atoms in total. The van der Waals surface area contributed by atoms with Gasteiger partial charge in [0.15, 0.2) is 0 Å². The average Bonchev–Trinajstić information content (AvgIpc) is 2.27. The van der Waals surface area contributed by atoms with E-state index in [9.17, 15) is 0 Å². The van der Waals surface area contributed by atoms with Crippen LogP contribution in [-0.4, -0.2) is 24.1 Å². The van der Waals surface area contributed by atoms with Crippen molar-refractivity contribution in [2.45, 2.75) is 39.2 Å². The van der Waals surface area contributed by atoms with Crippen molar-refractivity contribution in [3.8, 4) is 0 Å². The van der Waals surface area contributed by atoms with Crippen LogP contribution in [0, 0.1) is 0 Å². The van der Waals surface area contributed by atoms with Crippen LogP contribution in [0.4, 0.5) is 11.6 Å². The van der Waals surface area contributed by atoms with Crippen molar-refractivity contribution >= 4 is 11.6 Å². The third-order valence-corrected chi connectivity index (χ3v) is 2.53. The summed E-state index contributed by atoms with van der Waals surface area (Å²) in [5.41, 5.74) is 0.0348. The third-order valence-electron chi connectivity index (χ3n) is 2.53. The highest BCUT2D eigenvalue weighted by Gasteiger charge is 2.11. The number of allylic oxidation sites excluding steroid dienone is 1. The Balaban J connectivity index is 2.66. The van der Waals surface area contributed by atoms with Gasteiger partial charge in [-0.2, -0.15) is 0 Å². The molecule has 0 aliphatic rings. The molecule has 100 valence electrons. The summed E-state index contributed by atoms with van der Waals surface area (Å²) < 4.78 is 0. The molecule has 1 rings (SSSR count). The van der Waals surface area contributed by atoms with Crippen LogP contribution in [0.5, 0.6) is 0 Å². The highest BCUT2D eigenvalue weighted by atomic mass is 15.2. The molecule has 1 N–H and O–H groups in total. The molecule has 0 bridgehead atoms. The largest absolute Gasteiger partial charge is 0.365 e. The molecule has 1 aromatic heterocycles. The van der Waals surface area contributed by atoms with Crippen LogP contribution in [0.3, 0.4) is 0 Å². The maximum Gasteiger partial charge on any atom is 0.130 e. The summed E-state index contributed by atoms with van der Waals surface area (Å²) in [4.78, 5) is 6.80. The number of anilines is 2. The van der Waals surface area contributed by atoms with Crippen molar-refractivity contribution in [2.24, 2.45) is 0 Å². The topological polar surface area (TPSA) is 28.2 Å². The zero-order chi connectivity index (χ0) is 13.6. The monoisotopic (exact) mass is 247 g/mol. The van der Waals surface area contributed by atoms with E-state index in [1.807, 2.05) is 24.3 Å². The van der Waals surface area contributed by atoms with E-state index in [2.05, 4.69) is 49.6 Å². The van der Waals surface area contributed by atoms with E-state index in [-0.39, 0.29) is 5.54 Å². The molecule has 0 saturated carbocycles. The number of nitrogens with one attached hydrogen (secondary N) is 1. The first-order valence-corrected chi connectivity index (χ1v) is 6.49. The SMILES string of the molecule is C=CCCCN(C)c1cccc(NC(C)(C)C)n1. The summed E-state index contributed by atoms with van der Waals surface area (Å²) in [6, 6.07) is 6.09. The van der Waals surface area contributed by atoms with Crippen LogP contribution in [-0.2, 0) is 0 Å². The lowest BCUT2D eigenvalue weighted by Crippen LogP contribution is -2.27. The minimum Gasteiger partial charge on any atom is -0.365 e. The Hall–Kier alpha value is -1.51. The number of nitrogens with zero attached hydrogens (tertiary/aromatic N) is 2. The molecule has 0 unspecified atom stereocenters. The average molecular weight is 247 g/mol. The van der Waals surface area contributed by atoms with Crippen LogP contribution in [0.2, 0.25) is 0 Å². The van der Waals surface area contributed by atoms with Crippen molar-refractivity contribution in [3.63, 3.8) is 0 Å². The van der Waals surface area contributed by atoms with Gasteiger partial charge in [0.05, 0.1) is 0 Å². The molecule has 0 aromatic carbocycles. The number of hydrogen-bond acceptors (Lipinski definition) is 3. The number of rotatable bonds is 6. The Morgan fingerprint density at radius 3 is 2.72 bits per heavy atom. The fraction of sp³-hybridized carbons (Fsp3) is 0.533. The minimum absolute atomic E-state index is 0.0348. The molecule has 0 amide bonds. The maximum absolute atomic E-state index is 4.63. The van der Waals surface area contributed by atoms with Crippen LogP contribution < -0.4 is 10.2 Å². The Labute approximate surface area is 111 Å². The minimum atomic E-state index is 0.0348. The van der Waals surface area contributed by atoms with Crippen molar-refractivity contribution in [1.29, 1.82) is 0 Å². The third kappa shape index (κ3) is 5.21. The second-order valence-electron chi connectivity index (χ2n) is 5.61. The normalized spacial score (nSPS) is 11.1. The summed E-state index contributed by atoms with van der Waals surface area (Å²) >= 11 is 0. The van der Waals surface area contributed by atoms with Gasteiger partial charge in [-0.05, 0) is 45.7 Å². The zero-order valence-electron chi connectivity index (χ0n) is 12.0. The van der Waals surface area contributed by atoms with Gasteiger partial charge in [-0.1, -0.05) is 12.1 Å². The molecule has 0 atom stereocenters. The van der Waals surface area contributed by atoms with Crippen molar-refractivity contribution in [3.05, 3.63) is 30.9 Å².